The average molecular weight is 468 g/mol. The van der Waals surface area contributed by atoms with Gasteiger partial charge in [0, 0.05) is 37.4 Å². The molecule has 3 heterocycles. The van der Waals surface area contributed by atoms with Crippen molar-refractivity contribution in [2.75, 3.05) is 31.6 Å². The molecule has 174 valence electrons. The van der Waals surface area contributed by atoms with E-state index in [0.717, 1.165) is 31.6 Å². The van der Waals surface area contributed by atoms with Gasteiger partial charge in [-0.1, -0.05) is 54.9 Å². The summed E-state index contributed by atoms with van der Waals surface area (Å²) in [6, 6.07) is 17.3. The summed E-state index contributed by atoms with van der Waals surface area (Å²) in [5.74, 6) is 0.259. The van der Waals surface area contributed by atoms with Crippen molar-refractivity contribution >= 4 is 29.2 Å². The molecule has 0 aromatic heterocycles. The van der Waals surface area contributed by atoms with Crippen molar-refractivity contribution in [1.29, 1.82) is 0 Å². The lowest BCUT2D eigenvalue weighted by Gasteiger charge is -2.46. The van der Waals surface area contributed by atoms with Gasteiger partial charge in [0.05, 0.1) is 0 Å². The summed E-state index contributed by atoms with van der Waals surface area (Å²) in [5.41, 5.74) is 2.22. The molecule has 3 aliphatic heterocycles. The summed E-state index contributed by atoms with van der Waals surface area (Å²) in [6.45, 7) is 4.26. The van der Waals surface area contributed by atoms with Crippen LogP contribution in [0.15, 0.2) is 54.6 Å². The van der Waals surface area contributed by atoms with E-state index in [0.29, 0.717) is 17.5 Å². The van der Waals surface area contributed by atoms with Crippen molar-refractivity contribution in [1.82, 2.24) is 20.0 Å². The number of nitrogens with one attached hydrogen (secondary N) is 1. The predicted octanol–water partition coefficient (Wildman–Crippen LogP) is 3.21. The Morgan fingerprint density at radius 3 is 2.61 bits per heavy atom. The van der Waals surface area contributed by atoms with E-state index in [1.54, 1.807) is 11.9 Å². The Labute approximate surface area is 199 Å². The van der Waals surface area contributed by atoms with E-state index in [4.69, 9.17) is 11.6 Å². The summed E-state index contributed by atoms with van der Waals surface area (Å²) in [7, 11) is 1.79. The molecule has 2 aromatic rings. The topological polar surface area (TPSA) is 59.1 Å². The minimum Gasteiger partial charge on any atom is -0.343 e. The number of nitrogens with zero attached hydrogens (tertiary/aromatic N) is 4. The number of carbonyl (C=O) groups is 2. The Morgan fingerprint density at radius 1 is 1.06 bits per heavy atom. The van der Waals surface area contributed by atoms with Gasteiger partial charge in [0.25, 0.3) is 5.91 Å². The number of amides is 3. The van der Waals surface area contributed by atoms with Gasteiger partial charge in [0.2, 0.25) is 0 Å². The van der Waals surface area contributed by atoms with Crippen LogP contribution in [0.5, 0.6) is 0 Å². The molecule has 2 aromatic carbocycles. The van der Waals surface area contributed by atoms with Gasteiger partial charge in [-0.2, -0.15) is 0 Å². The number of hydrogen-bond donors (Lipinski definition) is 1. The van der Waals surface area contributed by atoms with Gasteiger partial charge in [-0.15, -0.1) is 0 Å². The van der Waals surface area contributed by atoms with Gasteiger partial charge in [-0.05, 0) is 42.5 Å². The molecule has 33 heavy (non-hydrogen) atoms. The van der Waals surface area contributed by atoms with Gasteiger partial charge in [-0.25, -0.2) is 4.79 Å². The van der Waals surface area contributed by atoms with Crippen molar-refractivity contribution in [3.63, 3.8) is 0 Å². The van der Waals surface area contributed by atoms with Crippen molar-refractivity contribution < 1.29 is 9.59 Å². The molecule has 5 rings (SSSR count). The van der Waals surface area contributed by atoms with Crippen LogP contribution < -0.4 is 10.2 Å². The van der Waals surface area contributed by atoms with Crippen LogP contribution in [0.3, 0.4) is 0 Å². The Hall–Kier alpha value is -2.61. The maximum absolute atomic E-state index is 13.6. The van der Waals surface area contributed by atoms with Crippen LogP contribution in [0.1, 0.15) is 18.9 Å². The van der Waals surface area contributed by atoms with E-state index in [1.165, 1.54) is 10.5 Å². The van der Waals surface area contributed by atoms with E-state index in [9.17, 15) is 9.59 Å². The molecule has 3 saturated heterocycles. The molecule has 0 spiro atoms. The molecule has 8 heteroatoms. The second-order valence-corrected chi connectivity index (χ2v) is 9.77. The molecule has 0 bridgehead atoms. The first-order chi connectivity index (χ1) is 15.9. The highest BCUT2D eigenvalue weighted by atomic mass is 35.5. The Bertz CT molecular complexity index is 1030. The number of fused-ring (bicyclic) bond motifs is 3. The third-order valence-electron chi connectivity index (χ3n) is 6.92. The van der Waals surface area contributed by atoms with Crippen molar-refractivity contribution in [3.05, 3.63) is 65.2 Å². The standard InChI is InChI=1S/C25H30ClN5O2/c1-17-15-30(20-12-6-11-19(26)14-20)24-27-22-21(31(24)16-17)23(32)29(25(33)28(22)2)13-7-10-18-8-4-3-5-9-18/h3-6,8-9,11-12,14,17,21-22,24,27H,7,10,13,15-16H2,1-2H3. The fourth-order valence-electron chi connectivity index (χ4n) is 5.37. The van der Waals surface area contributed by atoms with Gasteiger partial charge in [0.1, 0.15) is 18.5 Å². The first-order valence-electron chi connectivity index (χ1n) is 11.6. The number of halogens is 1. The fraction of sp³-hybridized carbons (Fsp3) is 0.440. The zero-order valence-electron chi connectivity index (χ0n) is 19.0. The van der Waals surface area contributed by atoms with E-state index < -0.39 is 6.04 Å². The SMILES string of the molecule is CC1CN(c2cccc(Cl)c2)C2NC3C(C(=O)N(CCCc4ccccc4)C(=O)N3C)N2C1. The highest BCUT2D eigenvalue weighted by Crippen LogP contribution is 2.35. The molecule has 4 atom stereocenters. The van der Waals surface area contributed by atoms with Crippen LogP contribution in [0.2, 0.25) is 5.02 Å². The Kier molecular flexibility index (Phi) is 6.03. The lowest BCUT2D eigenvalue weighted by Crippen LogP contribution is -2.66. The second-order valence-electron chi connectivity index (χ2n) is 9.34. The molecule has 3 amide bonds. The maximum Gasteiger partial charge on any atom is 0.327 e. The zero-order valence-corrected chi connectivity index (χ0v) is 19.8. The lowest BCUT2D eigenvalue weighted by molar-refractivity contribution is -0.138. The third-order valence-corrected chi connectivity index (χ3v) is 7.15. The molecule has 0 radical (unpaired) electrons. The average Bonchev–Trinajstić information content (AvgIpc) is 3.19. The first-order valence-corrected chi connectivity index (χ1v) is 12.0. The molecule has 4 unspecified atom stereocenters. The summed E-state index contributed by atoms with van der Waals surface area (Å²) >= 11 is 6.27. The Balaban J connectivity index is 1.36. The van der Waals surface area contributed by atoms with Crippen molar-refractivity contribution in [2.45, 2.75) is 38.3 Å². The normalized spacial score (nSPS) is 27.7. The molecule has 1 N–H and O–H groups in total. The molecule has 0 aliphatic carbocycles. The zero-order chi connectivity index (χ0) is 23.1. The number of aryl methyl sites for hydroxylation is 1. The van der Waals surface area contributed by atoms with Crippen molar-refractivity contribution in [3.8, 4) is 0 Å². The smallest absolute Gasteiger partial charge is 0.327 e. The fourth-order valence-corrected chi connectivity index (χ4v) is 5.55. The third kappa shape index (κ3) is 4.09. The molecule has 7 nitrogen and oxygen atoms in total. The van der Waals surface area contributed by atoms with E-state index in [-0.39, 0.29) is 24.4 Å². The van der Waals surface area contributed by atoms with E-state index in [2.05, 4.69) is 34.2 Å². The molecular formula is C25H30ClN5O2. The van der Waals surface area contributed by atoms with Crippen LogP contribution in [-0.2, 0) is 11.2 Å². The quantitative estimate of drug-likeness (QED) is 0.731. The minimum absolute atomic E-state index is 0.105. The van der Waals surface area contributed by atoms with Crippen molar-refractivity contribution in [2.24, 2.45) is 5.92 Å². The maximum atomic E-state index is 13.6. The lowest BCUT2D eigenvalue weighted by atomic mass is 10.0. The number of carbonyl (C=O) groups excluding carboxylic acids is 2. The van der Waals surface area contributed by atoms with E-state index >= 15 is 0 Å². The molecule has 0 saturated carbocycles. The largest absolute Gasteiger partial charge is 0.343 e. The number of anilines is 1. The number of benzene rings is 2. The van der Waals surface area contributed by atoms with Crippen LogP contribution in [-0.4, -0.2) is 71.8 Å². The van der Waals surface area contributed by atoms with Crippen LogP contribution in [0.4, 0.5) is 10.5 Å². The summed E-state index contributed by atoms with van der Waals surface area (Å²) < 4.78 is 0. The predicted molar refractivity (Wildman–Crippen MR) is 129 cm³/mol. The van der Waals surface area contributed by atoms with Gasteiger partial charge >= 0.3 is 6.03 Å². The Morgan fingerprint density at radius 2 is 1.85 bits per heavy atom. The number of hydrogen-bond acceptors (Lipinski definition) is 5. The highest BCUT2D eigenvalue weighted by Gasteiger charge is 2.56. The summed E-state index contributed by atoms with van der Waals surface area (Å²) in [4.78, 5) is 34.4. The monoisotopic (exact) mass is 467 g/mol. The first kappa shape index (κ1) is 22.2. The van der Waals surface area contributed by atoms with Crippen LogP contribution >= 0.6 is 11.6 Å². The summed E-state index contributed by atoms with van der Waals surface area (Å²) in [6.07, 6.45) is 1.06. The van der Waals surface area contributed by atoms with Crippen LogP contribution in [0, 0.1) is 5.92 Å². The molecule has 3 fully saturated rings. The molecule has 3 aliphatic rings. The second kappa shape index (κ2) is 8.97. The number of rotatable bonds is 5. The van der Waals surface area contributed by atoms with Gasteiger partial charge < -0.3 is 9.80 Å². The number of urea groups is 1. The number of likely N-dealkylation sites (N-methyl/N-ethyl adjacent to an activating group) is 1. The number of imide groups is 1. The summed E-state index contributed by atoms with van der Waals surface area (Å²) in [5, 5.41) is 4.24. The van der Waals surface area contributed by atoms with Crippen LogP contribution in [0.25, 0.3) is 0 Å². The van der Waals surface area contributed by atoms with Gasteiger partial charge in [0.15, 0.2) is 0 Å². The highest BCUT2D eigenvalue weighted by molar-refractivity contribution is 6.30. The molecular weight excluding hydrogens is 438 g/mol. The van der Waals surface area contributed by atoms with E-state index in [1.807, 2.05) is 42.5 Å². The van der Waals surface area contributed by atoms with Gasteiger partial charge in [-0.3, -0.25) is 19.9 Å². The minimum atomic E-state index is -0.404.